The van der Waals surface area contributed by atoms with E-state index < -0.39 is 29.6 Å². The Bertz CT molecular complexity index is 1120. The molecule has 0 unspecified atom stereocenters. The van der Waals surface area contributed by atoms with Gasteiger partial charge in [0.15, 0.2) is 5.79 Å². The van der Waals surface area contributed by atoms with Gasteiger partial charge in [-0.25, -0.2) is 4.79 Å². The molecule has 9 nitrogen and oxygen atoms in total. The van der Waals surface area contributed by atoms with E-state index in [4.69, 9.17) is 18.9 Å². The number of benzene rings is 2. The van der Waals surface area contributed by atoms with Crippen LogP contribution in [0.3, 0.4) is 0 Å². The Kier molecular flexibility index (Phi) is 5.73. The molecule has 1 spiro atoms. The summed E-state index contributed by atoms with van der Waals surface area (Å²) in [6.45, 7) is 0.619. The lowest BCUT2D eigenvalue weighted by molar-refractivity contribution is -0.152. The summed E-state index contributed by atoms with van der Waals surface area (Å²) in [6, 6.07) is 12.0. The molecule has 2 amide bonds. The van der Waals surface area contributed by atoms with E-state index >= 15 is 0 Å². The maximum atomic E-state index is 12.9. The van der Waals surface area contributed by atoms with Crippen molar-refractivity contribution in [2.45, 2.75) is 28.0 Å². The molecule has 2 fully saturated rings. The number of fused-ring (bicyclic) bond motifs is 2. The van der Waals surface area contributed by atoms with E-state index in [1.165, 1.54) is 12.0 Å². The van der Waals surface area contributed by atoms with Crippen molar-refractivity contribution < 1.29 is 33.3 Å². The molecule has 0 aromatic heterocycles. The molecule has 0 aliphatic carbocycles. The van der Waals surface area contributed by atoms with Gasteiger partial charge in [-0.15, -0.1) is 0 Å². The van der Waals surface area contributed by atoms with Crippen molar-refractivity contribution in [1.29, 1.82) is 0 Å². The third-order valence-corrected chi connectivity index (χ3v) is 6.91. The van der Waals surface area contributed by atoms with E-state index in [0.29, 0.717) is 24.5 Å². The molecule has 2 saturated heterocycles. The minimum Gasteiger partial charge on any atom is -0.467 e. The first-order valence-electron chi connectivity index (χ1n) is 10.5. The van der Waals surface area contributed by atoms with E-state index in [1.54, 1.807) is 23.9 Å². The lowest BCUT2D eigenvalue weighted by atomic mass is 10.1. The second kappa shape index (κ2) is 8.69. The van der Waals surface area contributed by atoms with Gasteiger partial charge in [0.1, 0.15) is 17.5 Å². The van der Waals surface area contributed by atoms with Gasteiger partial charge in [-0.05, 0) is 30.3 Å². The van der Waals surface area contributed by atoms with E-state index in [0.717, 1.165) is 15.5 Å². The predicted octanol–water partition coefficient (Wildman–Crippen LogP) is 2.19. The summed E-state index contributed by atoms with van der Waals surface area (Å²) in [7, 11) is 1.27. The van der Waals surface area contributed by atoms with Crippen molar-refractivity contribution in [2.24, 2.45) is 0 Å². The zero-order valence-electron chi connectivity index (χ0n) is 17.9. The first-order chi connectivity index (χ1) is 16.0. The van der Waals surface area contributed by atoms with Crippen molar-refractivity contribution in [3.8, 4) is 11.5 Å². The van der Waals surface area contributed by atoms with E-state index in [9.17, 15) is 14.4 Å². The van der Waals surface area contributed by atoms with Gasteiger partial charge in [0.2, 0.25) is 5.91 Å². The van der Waals surface area contributed by atoms with Crippen molar-refractivity contribution in [3.63, 3.8) is 0 Å². The van der Waals surface area contributed by atoms with E-state index in [1.807, 2.05) is 30.3 Å². The molecule has 5 rings (SSSR count). The van der Waals surface area contributed by atoms with Gasteiger partial charge in [-0.1, -0.05) is 23.9 Å². The molecule has 3 aliphatic heterocycles. The van der Waals surface area contributed by atoms with Crippen LogP contribution in [0.15, 0.2) is 52.3 Å². The molecular formula is C23H22N2O7S. The summed E-state index contributed by atoms with van der Waals surface area (Å²) in [5.74, 6) is -1.07. The minimum atomic E-state index is -0.998. The normalized spacial score (nSPS) is 20.0. The molecule has 2 aromatic rings. The first kappa shape index (κ1) is 21.7. The van der Waals surface area contributed by atoms with Crippen LogP contribution in [0.1, 0.15) is 16.8 Å². The number of nitrogens with one attached hydrogen (secondary N) is 1. The van der Waals surface area contributed by atoms with Crippen LogP contribution in [0.4, 0.5) is 0 Å². The number of esters is 1. The van der Waals surface area contributed by atoms with Gasteiger partial charge in [0, 0.05) is 12.0 Å². The molecule has 33 heavy (non-hydrogen) atoms. The van der Waals surface area contributed by atoms with Crippen LogP contribution in [0.25, 0.3) is 0 Å². The quantitative estimate of drug-likeness (QED) is 0.579. The average Bonchev–Trinajstić information content (AvgIpc) is 3.47. The Labute approximate surface area is 194 Å². The number of para-hydroxylation sites is 1. The first-order valence-corrected chi connectivity index (χ1v) is 11.3. The second-order valence-electron chi connectivity index (χ2n) is 7.87. The van der Waals surface area contributed by atoms with Crippen molar-refractivity contribution in [2.75, 3.05) is 33.4 Å². The van der Waals surface area contributed by atoms with Crippen LogP contribution in [0.5, 0.6) is 11.5 Å². The topological polar surface area (TPSA) is 103 Å². The Morgan fingerprint density at radius 3 is 2.67 bits per heavy atom. The van der Waals surface area contributed by atoms with Gasteiger partial charge in [0.25, 0.3) is 5.91 Å². The number of rotatable bonds is 4. The molecule has 10 heteroatoms. The van der Waals surface area contributed by atoms with Crippen LogP contribution >= 0.6 is 11.8 Å². The molecule has 2 aromatic carbocycles. The van der Waals surface area contributed by atoms with Gasteiger partial charge in [0.05, 0.1) is 43.2 Å². The lowest BCUT2D eigenvalue weighted by Gasteiger charge is -2.23. The third-order valence-electron chi connectivity index (χ3n) is 5.79. The van der Waals surface area contributed by atoms with Gasteiger partial charge in [-0.3, -0.25) is 9.59 Å². The number of methoxy groups -OCH3 is 1. The zero-order valence-corrected chi connectivity index (χ0v) is 18.7. The number of likely N-dealkylation sites (tertiary alicyclic amines) is 1. The summed E-state index contributed by atoms with van der Waals surface area (Å²) in [6.07, 6.45) is 0.195. The fourth-order valence-electron chi connectivity index (χ4n) is 4.18. The van der Waals surface area contributed by atoms with Crippen LogP contribution in [-0.4, -0.2) is 67.9 Å². The molecular weight excluding hydrogens is 448 g/mol. The second-order valence-corrected chi connectivity index (χ2v) is 8.95. The molecule has 0 saturated carbocycles. The van der Waals surface area contributed by atoms with Gasteiger partial charge < -0.3 is 29.2 Å². The Morgan fingerprint density at radius 2 is 1.88 bits per heavy atom. The summed E-state index contributed by atoms with van der Waals surface area (Å²) < 4.78 is 22.1. The summed E-state index contributed by atoms with van der Waals surface area (Å²) in [5, 5.41) is 2.63. The van der Waals surface area contributed by atoms with E-state index in [-0.39, 0.29) is 19.5 Å². The van der Waals surface area contributed by atoms with Gasteiger partial charge >= 0.3 is 5.97 Å². The van der Waals surface area contributed by atoms with Crippen molar-refractivity contribution in [3.05, 3.63) is 48.0 Å². The number of ether oxygens (including phenoxy) is 4. The molecule has 0 radical (unpaired) electrons. The highest BCUT2D eigenvalue weighted by Gasteiger charge is 2.52. The number of carbonyl (C=O) groups is 3. The maximum Gasteiger partial charge on any atom is 0.328 e. The summed E-state index contributed by atoms with van der Waals surface area (Å²) in [4.78, 5) is 41.1. The van der Waals surface area contributed by atoms with Crippen LogP contribution in [0, 0.1) is 0 Å². The highest BCUT2D eigenvalue weighted by molar-refractivity contribution is 7.99. The summed E-state index contributed by atoms with van der Waals surface area (Å²) in [5.41, 5.74) is 0.367. The Balaban J connectivity index is 1.24. The lowest BCUT2D eigenvalue weighted by Crippen LogP contribution is -2.46. The molecule has 0 bridgehead atoms. The van der Waals surface area contributed by atoms with Crippen molar-refractivity contribution >= 4 is 29.5 Å². The zero-order chi connectivity index (χ0) is 23.0. The molecule has 1 atom stereocenters. The Morgan fingerprint density at radius 1 is 1.12 bits per heavy atom. The highest BCUT2D eigenvalue weighted by Crippen LogP contribution is 2.46. The fourth-order valence-corrected chi connectivity index (χ4v) is 5.11. The largest absolute Gasteiger partial charge is 0.467 e. The van der Waals surface area contributed by atoms with Gasteiger partial charge in [-0.2, -0.15) is 0 Å². The predicted molar refractivity (Wildman–Crippen MR) is 116 cm³/mol. The standard InChI is InChI=1S/C23H22N2O7S/c1-29-22(28)15-11-23(30-8-9-31-23)13-25(15)20(26)12-24-21(27)14-6-7-19-17(10-14)32-16-4-2-3-5-18(16)33-19/h2-7,10,15H,8-9,11-13H2,1H3,(H,24,27)/t15-/m0/s1. The number of hydrogen-bond donors (Lipinski definition) is 1. The SMILES string of the molecule is COC(=O)[C@@H]1CC2(CN1C(=O)CNC(=O)c1ccc3c(c1)Oc1ccccc1S3)OCCO2. The Hall–Kier alpha value is -3.08. The molecule has 172 valence electrons. The smallest absolute Gasteiger partial charge is 0.328 e. The molecule has 3 aliphatic rings. The fraction of sp³-hybridized carbons (Fsp3) is 0.348. The van der Waals surface area contributed by atoms with Crippen LogP contribution in [0.2, 0.25) is 0 Å². The monoisotopic (exact) mass is 470 g/mol. The van der Waals surface area contributed by atoms with Crippen LogP contribution < -0.4 is 10.1 Å². The third kappa shape index (κ3) is 4.17. The molecule has 3 heterocycles. The minimum absolute atomic E-state index is 0.102. The number of hydrogen-bond acceptors (Lipinski definition) is 8. The average molecular weight is 471 g/mol. The maximum absolute atomic E-state index is 12.9. The number of amides is 2. The van der Waals surface area contributed by atoms with E-state index in [2.05, 4.69) is 5.32 Å². The number of nitrogens with zero attached hydrogens (tertiary/aromatic N) is 1. The summed E-state index contributed by atoms with van der Waals surface area (Å²) >= 11 is 1.57. The number of carbonyl (C=O) groups excluding carboxylic acids is 3. The van der Waals surface area contributed by atoms with Crippen LogP contribution in [-0.2, 0) is 23.8 Å². The highest BCUT2D eigenvalue weighted by atomic mass is 32.2. The molecule has 1 N–H and O–H groups in total. The van der Waals surface area contributed by atoms with Crippen molar-refractivity contribution in [1.82, 2.24) is 10.2 Å².